The summed E-state index contributed by atoms with van der Waals surface area (Å²) in [6.45, 7) is 2.41. The molecule has 0 aliphatic carbocycles. The van der Waals surface area contributed by atoms with Gasteiger partial charge < -0.3 is 10.2 Å². The molecule has 1 aromatic rings. The molecule has 0 aromatic heterocycles. The summed E-state index contributed by atoms with van der Waals surface area (Å²) in [7, 11) is -3.64. The molecule has 2 aliphatic rings. The molecule has 22 heavy (non-hydrogen) atoms. The van der Waals surface area contributed by atoms with Crippen LogP contribution in [0.3, 0.4) is 0 Å². The molecule has 2 heterocycles. The number of hydrogen-bond donors (Lipinski definition) is 1. The topological polar surface area (TPSA) is 92.6 Å². The average Bonchev–Trinajstić information content (AvgIpc) is 2.92. The average molecular weight is 325 g/mol. The Morgan fingerprint density at radius 2 is 2.14 bits per heavy atom. The van der Waals surface area contributed by atoms with E-state index in [0.717, 1.165) is 32.2 Å². The van der Waals surface area contributed by atoms with E-state index in [-0.39, 0.29) is 10.6 Å². The van der Waals surface area contributed by atoms with Crippen molar-refractivity contribution in [2.24, 2.45) is 5.92 Å². The maximum Gasteiger partial charge on any atom is 0.311 e. The lowest BCUT2D eigenvalue weighted by Gasteiger charge is -2.36. The minimum atomic E-state index is -3.64. The van der Waals surface area contributed by atoms with Gasteiger partial charge in [0, 0.05) is 25.4 Å². The highest BCUT2D eigenvalue weighted by atomic mass is 32.2. The molecule has 1 N–H and O–H groups in total. The van der Waals surface area contributed by atoms with Crippen molar-refractivity contribution in [2.45, 2.75) is 23.8 Å². The Kier molecular flexibility index (Phi) is 3.82. The predicted octanol–water partition coefficient (Wildman–Crippen LogP) is 1.19. The molecule has 2 fully saturated rings. The fourth-order valence-corrected chi connectivity index (χ4v) is 4.37. The SMILES string of the molecule is CS(=O)(=O)c1cccc(N2CCC3NCCC3C2)c1[N+](=O)[O-]. The van der Waals surface area contributed by atoms with Crippen LogP contribution in [0.1, 0.15) is 12.8 Å². The van der Waals surface area contributed by atoms with Crippen LogP contribution in [-0.4, -0.2) is 45.3 Å². The number of piperidine rings is 1. The van der Waals surface area contributed by atoms with E-state index in [4.69, 9.17) is 0 Å². The molecule has 7 nitrogen and oxygen atoms in total. The molecule has 0 bridgehead atoms. The smallest absolute Gasteiger partial charge is 0.311 e. The van der Waals surface area contributed by atoms with Crippen molar-refractivity contribution in [2.75, 3.05) is 30.8 Å². The van der Waals surface area contributed by atoms with Crippen molar-refractivity contribution in [3.05, 3.63) is 28.3 Å². The summed E-state index contributed by atoms with van der Waals surface area (Å²) in [5.41, 5.74) is 0.118. The predicted molar refractivity (Wildman–Crippen MR) is 82.9 cm³/mol. The number of nitro benzene ring substituents is 1. The highest BCUT2D eigenvalue weighted by Crippen LogP contribution is 2.37. The number of hydrogen-bond acceptors (Lipinski definition) is 6. The Morgan fingerprint density at radius 1 is 1.36 bits per heavy atom. The summed E-state index contributed by atoms with van der Waals surface area (Å²) in [4.78, 5) is 12.6. The number of benzene rings is 1. The second-order valence-electron chi connectivity index (χ2n) is 6.00. The summed E-state index contributed by atoms with van der Waals surface area (Å²) in [5.74, 6) is 0.468. The maximum atomic E-state index is 11.8. The second-order valence-corrected chi connectivity index (χ2v) is 7.98. The van der Waals surface area contributed by atoms with Crippen molar-refractivity contribution in [3.63, 3.8) is 0 Å². The van der Waals surface area contributed by atoms with E-state index in [1.165, 1.54) is 6.07 Å². The van der Waals surface area contributed by atoms with Crippen LogP contribution in [0.4, 0.5) is 11.4 Å². The van der Waals surface area contributed by atoms with Crippen LogP contribution in [-0.2, 0) is 9.84 Å². The van der Waals surface area contributed by atoms with Gasteiger partial charge >= 0.3 is 5.69 Å². The Hall–Kier alpha value is -1.67. The first-order chi connectivity index (χ1) is 10.4. The molecule has 0 spiro atoms. The van der Waals surface area contributed by atoms with Gasteiger partial charge in [-0.15, -0.1) is 0 Å². The van der Waals surface area contributed by atoms with Crippen molar-refractivity contribution < 1.29 is 13.3 Å². The quantitative estimate of drug-likeness (QED) is 0.663. The lowest BCUT2D eigenvalue weighted by molar-refractivity contribution is -0.387. The minimum absolute atomic E-state index is 0.207. The van der Waals surface area contributed by atoms with E-state index in [1.54, 1.807) is 12.1 Å². The van der Waals surface area contributed by atoms with Gasteiger partial charge in [-0.3, -0.25) is 10.1 Å². The molecular formula is C14H19N3O4S. The van der Waals surface area contributed by atoms with Crippen LogP contribution in [0, 0.1) is 16.0 Å². The largest absolute Gasteiger partial charge is 0.366 e. The van der Waals surface area contributed by atoms with E-state index in [0.29, 0.717) is 24.2 Å². The molecule has 1 aromatic carbocycles. The first kappa shape index (κ1) is 15.2. The molecule has 120 valence electrons. The summed E-state index contributed by atoms with van der Waals surface area (Å²) in [5, 5.41) is 14.9. The van der Waals surface area contributed by atoms with Gasteiger partial charge in [0.1, 0.15) is 10.6 Å². The van der Waals surface area contributed by atoms with Gasteiger partial charge in [-0.2, -0.15) is 0 Å². The van der Waals surface area contributed by atoms with Crippen LogP contribution in [0.5, 0.6) is 0 Å². The van der Waals surface area contributed by atoms with Gasteiger partial charge in [0.2, 0.25) is 0 Å². The normalized spacial score (nSPS) is 25.0. The first-order valence-corrected chi connectivity index (χ1v) is 9.23. The molecule has 2 unspecified atom stereocenters. The molecule has 8 heteroatoms. The highest BCUT2D eigenvalue weighted by Gasteiger charge is 2.36. The number of para-hydroxylation sites is 1. The van der Waals surface area contributed by atoms with E-state index in [2.05, 4.69) is 5.32 Å². The molecule has 3 rings (SSSR count). The van der Waals surface area contributed by atoms with E-state index >= 15 is 0 Å². The van der Waals surface area contributed by atoms with Crippen molar-refractivity contribution in [3.8, 4) is 0 Å². The number of fused-ring (bicyclic) bond motifs is 1. The van der Waals surface area contributed by atoms with Crippen LogP contribution in [0.15, 0.2) is 23.1 Å². The van der Waals surface area contributed by atoms with Gasteiger partial charge in [-0.1, -0.05) is 6.07 Å². The minimum Gasteiger partial charge on any atom is -0.366 e. The Labute approximate surface area is 129 Å². The molecular weight excluding hydrogens is 306 g/mol. The third-order valence-corrected chi connectivity index (χ3v) is 5.68. The maximum absolute atomic E-state index is 11.8. The zero-order chi connectivity index (χ0) is 15.9. The van der Waals surface area contributed by atoms with E-state index in [1.807, 2.05) is 4.90 Å². The Balaban J connectivity index is 2.02. The molecule has 2 aliphatic heterocycles. The molecule has 0 amide bonds. The number of anilines is 1. The van der Waals surface area contributed by atoms with Gasteiger partial charge in [-0.25, -0.2) is 8.42 Å². The number of sulfone groups is 1. The summed E-state index contributed by atoms with van der Waals surface area (Å²) < 4.78 is 23.7. The lowest BCUT2D eigenvalue weighted by atomic mass is 9.93. The van der Waals surface area contributed by atoms with E-state index in [9.17, 15) is 18.5 Å². The van der Waals surface area contributed by atoms with Gasteiger partial charge in [0.15, 0.2) is 9.84 Å². The van der Waals surface area contributed by atoms with Crippen molar-refractivity contribution in [1.82, 2.24) is 5.32 Å². The Bertz CT molecular complexity index is 704. The molecule has 2 atom stereocenters. The number of nitro groups is 1. The first-order valence-electron chi connectivity index (χ1n) is 7.33. The fourth-order valence-electron chi connectivity index (χ4n) is 3.51. The summed E-state index contributed by atoms with van der Waals surface area (Å²) >= 11 is 0. The lowest BCUT2D eigenvalue weighted by Crippen LogP contribution is -2.44. The monoisotopic (exact) mass is 325 g/mol. The Morgan fingerprint density at radius 3 is 2.82 bits per heavy atom. The van der Waals surface area contributed by atoms with Crippen LogP contribution < -0.4 is 10.2 Å². The zero-order valence-corrected chi connectivity index (χ0v) is 13.2. The molecule has 2 saturated heterocycles. The zero-order valence-electron chi connectivity index (χ0n) is 12.4. The van der Waals surface area contributed by atoms with E-state index < -0.39 is 14.8 Å². The van der Waals surface area contributed by atoms with Crippen molar-refractivity contribution >= 4 is 21.2 Å². The summed E-state index contributed by atoms with van der Waals surface area (Å²) in [6.07, 6.45) is 2.98. The van der Waals surface area contributed by atoms with Gasteiger partial charge in [0.25, 0.3) is 0 Å². The molecule has 0 radical (unpaired) electrons. The van der Waals surface area contributed by atoms with Crippen LogP contribution in [0.2, 0.25) is 0 Å². The number of rotatable bonds is 3. The standard InChI is InChI=1S/C14H19N3O4S/c1-22(20,21)13-4-2-3-12(14(13)17(18)19)16-8-6-11-10(9-16)5-7-15-11/h2-4,10-11,15H,5-9H2,1H3. The summed E-state index contributed by atoms with van der Waals surface area (Å²) in [6, 6.07) is 5.02. The third-order valence-electron chi connectivity index (χ3n) is 4.56. The van der Waals surface area contributed by atoms with Gasteiger partial charge in [-0.05, 0) is 37.4 Å². The van der Waals surface area contributed by atoms with Crippen molar-refractivity contribution in [1.29, 1.82) is 0 Å². The number of nitrogens with one attached hydrogen (secondary N) is 1. The van der Waals surface area contributed by atoms with Gasteiger partial charge in [0.05, 0.1) is 4.92 Å². The van der Waals surface area contributed by atoms with Crippen LogP contribution in [0.25, 0.3) is 0 Å². The molecule has 0 saturated carbocycles. The van der Waals surface area contributed by atoms with Crippen LogP contribution >= 0.6 is 0 Å². The third kappa shape index (κ3) is 2.68. The fraction of sp³-hybridized carbons (Fsp3) is 0.571. The second kappa shape index (κ2) is 5.51. The highest BCUT2D eigenvalue weighted by molar-refractivity contribution is 7.90. The number of nitrogens with zero attached hydrogens (tertiary/aromatic N) is 2.